The second kappa shape index (κ2) is 8.42. The molecule has 152 valence electrons. The summed E-state index contributed by atoms with van der Waals surface area (Å²) in [4.78, 5) is 27.9. The molecule has 0 aliphatic heterocycles. The Kier molecular flexibility index (Phi) is 6.14. The summed E-state index contributed by atoms with van der Waals surface area (Å²) in [7, 11) is 1.66. The quantitative estimate of drug-likeness (QED) is 0.544. The van der Waals surface area contributed by atoms with Gasteiger partial charge in [-0.25, -0.2) is 9.78 Å². The van der Waals surface area contributed by atoms with Crippen LogP contribution in [0.4, 0.5) is 5.69 Å². The molecule has 3 aromatic rings. The summed E-state index contributed by atoms with van der Waals surface area (Å²) < 4.78 is 3.72. The molecule has 0 saturated carbocycles. The summed E-state index contributed by atoms with van der Waals surface area (Å²) in [5.41, 5.74) is 1.77. The van der Waals surface area contributed by atoms with Gasteiger partial charge < -0.3 is 19.6 Å². The second-order valence-corrected chi connectivity index (χ2v) is 8.03. The van der Waals surface area contributed by atoms with Crippen LogP contribution in [0.3, 0.4) is 0 Å². The van der Waals surface area contributed by atoms with Crippen molar-refractivity contribution < 1.29 is 9.90 Å². The van der Waals surface area contributed by atoms with Gasteiger partial charge in [-0.1, -0.05) is 23.7 Å². The highest BCUT2D eigenvalue weighted by Gasteiger charge is 2.30. The van der Waals surface area contributed by atoms with Gasteiger partial charge in [0.25, 0.3) is 0 Å². The number of benzene rings is 1. The lowest BCUT2D eigenvalue weighted by atomic mass is 10.0. The van der Waals surface area contributed by atoms with Crippen molar-refractivity contribution in [2.24, 2.45) is 7.05 Å². The van der Waals surface area contributed by atoms with E-state index in [2.05, 4.69) is 26.2 Å². The maximum Gasteiger partial charge on any atom is 0.356 e. The number of aromatic nitrogens is 3. The van der Waals surface area contributed by atoms with E-state index in [4.69, 9.17) is 11.6 Å². The number of anilines is 1. The molecule has 1 unspecified atom stereocenters. The van der Waals surface area contributed by atoms with Crippen molar-refractivity contribution in [1.29, 1.82) is 0 Å². The summed E-state index contributed by atoms with van der Waals surface area (Å²) >= 11 is 9.44. The second-order valence-electron chi connectivity index (χ2n) is 6.88. The maximum atomic E-state index is 12.0. The van der Waals surface area contributed by atoms with E-state index in [-0.39, 0.29) is 17.3 Å². The fourth-order valence-corrected chi connectivity index (χ4v) is 4.06. The van der Waals surface area contributed by atoms with Crippen LogP contribution in [-0.2, 0) is 7.05 Å². The highest BCUT2D eigenvalue weighted by molar-refractivity contribution is 9.10. The molecule has 0 radical (unpaired) electrons. The molecule has 1 atom stereocenters. The van der Waals surface area contributed by atoms with Crippen LogP contribution in [0, 0.1) is 0 Å². The van der Waals surface area contributed by atoms with Gasteiger partial charge in [-0.2, -0.15) is 0 Å². The van der Waals surface area contributed by atoms with Crippen molar-refractivity contribution in [1.82, 2.24) is 14.1 Å². The van der Waals surface area contributed by atoms with Gasteiger partial charge in [0.2, 0.25) is 5.56 Å². The predicted octanol–water partition coefficient (Wildman–Crippen LogP) is 4.48. The molecular formula is C20H20BrClN4O3. The molecule has 9 heteroatoms. The fraction of sp³-hybridized carbons (Fsp3) is 0.250. The molecule has 29 heavy (non-hydrogen) atoms. The van der Waals surface area contributed by atoms with Crippen LogP contribution in [0.15, 0.2) is 52.1 Å². The zero-order chi connectivity index (χ0) is 21.3. The van der Waals surface area contributed by atoms with Crippen molar-refractivity contribution in [2.75, 3.05) is 5.32 Å². The van der Waals surface area contributed by atoms with Crippen LogP contribution in [0.2, 0.25) is 5.02 Å². The average Bonchev–Trinajstić information content (AvgIpc) is 3.01. The van der Waals surface area contributed by atoms with E-state index in [1.54, 1.807) is 31.4 Å². The number of aryl methyl sites for hydroxylation is 1. The first-order chi connectivity index (χ1) is 13.7. The number of nitrogens with one attached hydrogen (secondary N) is 1. The van der Waals surface area contributed by atoms with Crippen molar-refractivity contribution in [3.05, 3.63) is 79.7 Å². The van der Waals surface area contributed by atoms with Crippen molar-refractivity contribution in [3.63, 3.8) is 0 Å². The lowest BCUT2D eigenvalue weighted by Gasteiger charge is -2.25. The molecule has 0 aliphatic rings. The van der Waals surface area contributed by atoms with Crippen molar-refractivity contribution in [2.45, 2.75) is 25.9 Å². The average molecular weight is 480 g/mol. The van der Waals surface area contributed by atoms with E-state index in [1.165, 1.54) is 10.6 Å². The summed E-state index contributed by atoms with van der Waals surface area (Å²) in [5, 5.41) is 13.7. The first kappa shape index (κ1) is 21.1. The van der Waals surface area contributed by atoms with Gasteiger partial charge in [-0.05, 0) is 53.5 Å². The van der Waals surface area contributed by atoms with Crippen LogP contribution in [-0.4, -0.2) is 25.2 Å². The highest BCUT2D eigenvalue weighted by Crippen LogP contribution is 2.34. The Morgan fingerprint density at radius 1 is 1.21 bits per heavy atom. The van der Waals surface area contributed by atoms with E-state index in [9.17, 15) is 14.7 Å². The van der Waals surface area contributed by atoms with Crippen LogP contribution in [0.25, 0.3) is 0 Å². The number of imidazole rings is 1. The van der Waals surface area contributed by atoms with Crippen molar-refractivity contribution in [3.8, 4) is 0 Å². The Morgan fingerprint density at radius 2 is 1.86 bits per heavy atom. The lowest BCUT2D eigenvalue weighted by Crippen LogP contribution is -2.22. The molecule has 2 heterocycles. The highest BCUT2D eigenvalue weighted by atomic mass is 79.9. The van der Waals surface area contributed by atoms with Crippen LogP contribution in [0.1, 0.15) is 47.7 Å². The van der Waals surface area contributed by atoms with E-state index in [0.29, 0.717) is 21.1 Å². The minimum atomic E-state index is -1.12. The third-order valence-electron chi connectivity index (χ3n) is 4.50. The van der Waals surface area contributed by atoms with E-state index >= 15 is 0 Å². The number of nitrogens with zero attached hydrogens (tertiary/aromatic N) is 3. The molecular weight excluding hydrogens is 460 g/mol. The SMILES string of the molecule is CC(C)n1c(Br)nc(C(=O)O)c1C(Nc1ccc(=O)n(C)c1)c1ccc(Cl)cc1. The molecule has 0 bridgehead atoms. The van der Waals surface area contributed by atoms with Crippen molar-refractivity contribution >= 4 is 39.2 Å². The van der Waals surface area contributed by atoms with Gasteiger partial charge in [0.1, 0.15) is 0 Å². The number of carboxylic acids is 1. The van der Waals surface area contributed by atoms with E-state index in [1.807, 2.05) is 30.5 Å². The Balaban J connectivity index is 2.23. The summed E-state index contributed by atoms with van der Waals surface area (Å²) in [6.07, 6.45) is 1.66. The van der Waals surface area contributed by atoms with Crippen LogP contribution < -0.4 is 10.9 Å². The molecule has 0 spiro atoms. The van der Waals surface area contributed by atoms with Gasteiger partial charge in [-0.15, -0.1) is 0 Å². The predicted molar refractivity (Wildman–Crippen MR) is 116 cm³/mol. The first-order valence-corrected chi connectivity index (χ1v) is 10.1. The Labute approximate surface area is 181 Å². The van der Waals surface area contributed by atoms with Gasteiger partial charge in [0, 0.05) is 30.4 Å². The normalized spacial score (nSPS) is 12.2. The number of carboxylic acid groups (broad SMARTS) is 1. The van der Waals surface area contributed by atoms with E-state index < -0.39 is 12.0 Å². The van der Waals surface area contributed by atoms with Gasteiger partial charge >= 0.3 is 5.97 Å². The summed E-state index contributed by atoms with van der Waals surface area (Å²) in [6, 6.07) is 9.69. The monoisotopic (exact) mass is 478 g/mol. The van der Waals surface area contributed by atoms with Crippen LogP contribution >= 0.6 is 27.5 Å². The maximum absolute atomic E-state index is 12.0. The molecule has 7 nitrogen and oxygen atoms in total. The number of pyridine rings is 1. The molecule has 0 amide bonds. The Hall–Kier alpha value is -2.58. The molecule has 2 aromatic heterocycles. The minimum Gasteiger partial charge on any atom is -0.476 e. The smallest absolute Gasteiger partial charge is 0.356 e. The third kappa shape index (κ3) is 4.38. The summed E-state index contributed by atoms with van der Waals surface area (Å²) in [5.74, 6) is -1.12. The number of aromatic carboxylic acids is 1. The molecule has 0 fully saturated rings. The Bertz CT molecular complexity index is 1110. The number of rotatable bonds is 6. The largest absolute Gasteiger partial charge is 0.476 e. The van der Waals surface area contributed by atoms with Gasteiger partial charge in [0.05, 0.1) is 17.4 Å². The zero-order valence-electron chi connectivity index (χ0n) is 16.1. The number of carbonyl (C=O) groups is 1. The first-order valence-electron chi connectivity index (χ1n) is 8.88. The lowest BCUT2D eigenvalue weighted by molar-refractivity contribution is 0.0689. The standard InChI is InChI=1S/C20H20BrClN4O3/c1-11(2)26-18(17(19(28)29)24-20(26)21)16(12-4-6-13(22)7-5-12)23-14-8-9-15(27)25(3)10-14/h4-11,16,23H,1-3H3,(H,28,29). The molecule has 1 aromatic carbocycles. The molecule has 2 N–H and O–H groups in total. The topological polar surface area (TPSA) is 89.2 Å². The third-order valence-corrected chi connectivity index (χ3v) is 5.31. The Morgan fingerprint density at radius 3 is 2.41 bits per heavy atom. The van der Waals surface area contributed by atoms with Gasteiger partial charge in [0.15, 0.2) is 10.4 Å². The molecule has 0 saturated heterocycles. The number of hydrogen-bond donors (Lipinski definition) is 2. The minimum absolute atomic E-state index is 0.0447. The molecule has 0 aliphatic carbocycles. The summed E-state index contributed by atoms with van der Waals surface area (Å²) in [6.45, 7) is 3.90. The zero-order valence-corrected chi connectivity index (χ0v) is 18.4. The number of halogens is 2. The molecule has 3 rings (SSSR count). The number of hydrogen-bond acceptors (Lipinski definition) is 4. The van der Waals surface area contributed by atoms with Gasteiger partial charge in [-0.3, -0.25) is 4.79 Å². The van der Waals surface area contributed by atoms with E-state index in [0.717, 1.165) is 5.56 Å². The fourth-order valence-electron chi connectivity index (χ4n) is 3.15. The van der Waals surface area contributed by atoms with Crippen LogP contribution in [0.5, 0.6) is 0 Å².